The number of rotatable bonds is 7. The van der Waals surface area contributed by atoms with Gasteiger partial charge in [0.1, 0.15) is 11.6 Å². The largest absolute Gasteiger partial charge is 0.507 e. The van der Waals surface area contributed by atoms with Crippen molar-refractivity contribution in [1.29, 1.82) is 0 Å². The number of phenols is 1. The predicted molar refractivity (Wildman–Crippen MR) is 192 cm³/mol. The van der Waals surface area contributed by atoms with Gasteiger partial charge in [0.2, 0.25) is 0 Å². The van der Waals surface area contributed by atoms with Crippen LogP contribution in [-0.4, -0.2) is 28.3 Å². The summed E-state index contributed by atoms with van der Waals surface area (Å²) in [5.41, 5.74) is 10.5. The molecule has 1 aliphatic heterocycles. The normalized spacial score (nSPS) is 14.0. The highest BCUT2D eigenvalue weighted by molar-refractivity contribution is 5.84. The summed E-state index contributed by atoms with van der Waals surface area (Å²) in [5.74, 6) is 1.22. The fourth-order valence-corrected chi connectivity index (χ4v) is 6.45. The molecule has 7 rings (SSSR count). The number of hydrogen-bond acceptors (Lipinski definition) is 4. The number of aromatic nitrogens is 2. The number of nitrogens with zero attached hydrogens (tertiary/aromatic N) is 4. The van der Waals surface area contributed by atoms with Crippen LogP contribution in [0.3, 0.4) is 0 Å². The maximum absolute atomic E-state index is 11.1. The van der Waals surface area contributed by atoms with E-state index in [-0.39, 0.29) is 24.3 Å². The van der Waals surface area contributed by atoms with Crippen molar-refractivity contribution in [2.45, 2.75) is 39.5 Å². The van der Waals surface area contributed by atoms with Gasteiger partial charge in [0, 0.05) is 28.5 Å². The minimum atomic E-state index is -2.27. The Morgan fingerprint density at radius 1 is 0.696 bits per heavy atom. The van der Waals surface area contributed by atoms with Gasteiger partial charge in [0.15, 0.2) is 0 Å². The van der Waals surface area contributed by atoms with Gasteiger partial charge in [-0.25, -0.2) is 4.98 Å². The van der Waals surface area contributed by atoms with Crippen molar-refractivity contribution >= 4 is 17.1 Å². The van der Waals surface area contributed by atoms with Crippen molar-refractivity contribution < 1.29 is 9.22 Å². The molecule has 0 unspecified atom stereocenters. The lowest BCUT2D eigenvalue weighted by Crippen LogP contribution is -2.23. The van der Waals surface area contributed by atoms with E-state index >= 15 is 0 Å². The van der Waals surface area contributed by atoms with E-state index in [0.717, 1.165) is 28.3 Å². The lowest BCUT2D eigenvalue weighted by molar-refractivity contribution is 0.477. The summed E-state index contributed by atoms with van der Waals surface area (Å²) >= 11 is 0. The van der Waals surface area contributed by atoms with Crippen LogP contribution in [0.1, 0.15) is 54.8 Å². The fraction of sp³-hybridized carbons (Fsp3) is 0.195. The molecule has 5 nitrogen and oxygen atoms in total. The summed E-state index contributed by atoms with van der Waals surface area (Å²) in [6, 6.07) is 38.1. The van der Waals surface area contributed by atoms with Crippen LogP contribution in [0.25, 0.3) is 39.5 Å². The van der Waals surface area contributed by atoms with Crippen molar-refractivity contribution in [3.8, 4) is 45.2 Å². The monoisotopic (exact) mass is 607 g/mol. The first kappa shape index (κ1) is 26.0. The van der Waals surface area contributed by atoms with Crippen molar-refractivity contribution in [3.63, 3.8) is 0 Å². The Hall–Kier alpha value is -5.29. The third-order valence-electron chi connectivity index (χ3n) is 8.81. The van der Waals surface area contributed by atoms with Crippen LogP contribution >= 0.6 is 0 Å². The van der Waals surface area contributed by atoms with Crippen LogP contribution < -0.4 is 9.80 Å². The molecule has 0 saturated heterocycles. The molecule has 2 heterocycles. The Labute approximate surface area is 276 Å². The third-order valence-corrected chi connectivity index (χ3v) is 8.81. The molecule has 0 bridgehead atoms. The van der Waals surface area contributed by atoms with E-state index in [0.29, 0.717) is 17.1 Å². The summed E-state index contributed by atoms with van der Waals surface area (Å²) in [6.07, 6.45) is 2.07. The highest BCUT2D eigenvalue weighted by atomic mass is 16.3. The van der Waals surface area contributed by atoms with E-state index in [1.807, 2.05) is 71.6 Å². The number of para-hydroxylation sites is 3. The van der Waals surface area contributed by atoms with Gasteiger partial charge in [0.25, 0.3) is 0 Å². The molecule has 0 radical (unpaired) electrons. The molecule has 5 aromatic carbocycles. The van der Waals surface area contributed by atoms with Crippen LogP contribution in [0.4, 0.5) is 17.1 Å². The first-order valence-electron chi connectivity index (χ1n) is 17.4. The van der Waals surface area contributed by atoms with Gasteiger partial charge in [-0.3, -0.25) is 4.57 Å². The van der Waals surface area contributed by atoms with Crippen LogP contribution in [0.2, 0.25) is 0 Å². The van der Waals surface area contributed by atoms with Gasteiger partial charge < -0.3 is 14.9 Å². The van der Waals surface area contributed by atoms with E-state index in [2.05, 4.69) is 80.9 Å². The maximum atomic E-state index is 11.1. The number of imidazole rings is 1. The standard InChI is InChI=1S/C41H40N4O/c1-27(2)34-23-31(29-14-7-6-8-15-29)24-35(28(3)4)40(34)44-25-36(42-41(44)33-18-9-12-21-39(33)46)30-16-13-17-32(22-30)45-26-43(5)37-19-10-11-20-38(37)45/h6-25,27-28,46H,26H2,1-5H3/i5D3. The Balaban J connectivity index is 1.41. The van der Waals surface area contributed by atoms with Crippen LogP contribution in [0.5, 0.6) is 5.75 Å². The van der Waals surface area contributed by atoms with Gasteiger partial charge >= 0.3 is 0 Å². The number of fused-ring (bicyclic) bond motifs is 1. The second kappa shape index (κ2) is 11.9. The summed E-state index contributed by atoms with van der Waals surface area (Å²) < 4.78 is 26.6. The predicted octanol–water partition coefficient (Wildman–Crippen LogP) is 10.4. The van der Waals surface area contributed by atoms with Gasteiger partial charge in [-0.05, 0) is 82.6 Å². The van der Waals surface area contributed by atoms with E-state index in [1.165, 1.54) is 27.2 Å². The topological polar surface area (TPSA) is 44.5 Å². The Bertz CT molecular complexity index is 2110. The fourth-order valence-electron chi connectivity index (χ4n) is 6.45. The zero-order chi connectivity index (χ0) is 34.4. The molecule has 1 aromatic heterocycles. The lowest BCUT2D eigenvalue weighted by atomic mass is 9.88. The number of aromatic hydroxyl groups is 1. The first-order valence-corrected chi connectivity index (χ1v) is 15.9. The second-order valence-electron chi connectivity index (χ2n) is 12.6. The Morgan fingerprint density at radius 3 is 2.04 bits per heavy atom. The molecule has 6 aromatic rings. The van der Waals surface area contributed by atoms with Crippen molar-refractivity contribution in [1.82, 2.24) is 9.55 Å². The second-order valence-corrected chi connectivity index (χ2v) is 12.6. The van der Waals surface area contributed by atoms with Gasteiger partial charge in [-0.2, -0.15) is 0 Å². The van der Waals surface area contributed by atoms with E-state index in [1.54, 1.807) is 6.07 Å². The zero-order valence-corrected chi connectivity index (χ0v) is 26.6. The third kappa shape index (κ3) is 5.22. The van der Waals surface area contributed by atoms with Crippen LogP contribution in [-0.2, 0) is 0 Å². The average molecular weight is 608 g/mol. The van der Waals surface area contributed by atoms with Crippen molar-refractivity contribution in [2.75, 3.05) is 23.4 Å². The molecule has 0 amide bonds. The summed E-state index contributed by atoms with van der Waals surface area (Å²) in [4.78, 5) is 8.71. The van der Waals surface area contributed by atoms with Gasteiger partial charge in [-0.15, -0.1) is 0 Å². The SMILES string of the molecule is [2H]C([2H])([2H])N1CN(c2cccc(-c3cn(-c4c(C(C)C)cc(-c5ccccc5)cc4C(C)C)c(-c4ccccc4O)n3)c2)c2ccccc21. The highest BCUT2D eigenvalue weighted by Crippen LogP contribution is 2.43. The van der Waals surface area contributed by atoms with Gasteiger partial charge in [0.05, 0.1) is 35.0 Å². The summed E-state index contributed by atoms with van der Waals surface area (Å²) in [7, 11) is 0. The molecule has 0 spiro atoms. The van der Waals surface area contributed by atoms with Crippen LogP contribution in [0.15, 0.2) is 121 Å². The van der Waals surface area contributed by atoms with E-state index in [9.17, 15) is 5.11 Å². The minimum Gasteiger partial charge on any atom is -0.507 e. The zero-order valence-electron chi connectivity index (χ0n) is 29.6. The van der Waals surface area contributed by atoms with Crippen LogP contribution in [0, 0.1) is 0 Å². The number of phenolic OH excluding ortho intramolecular Hbond substituents is 1. The molecule has 0 fully saturated rings. The number of benzene rings is 5. The maximum Gasteiger partial charge on any atom is 0.148 e. The molecule has 1 aliphatic rings. The number of anilines is 3. The van der Waals surface area contributed by atoms with Gasteiger partial charge in [-0.1, -0.05) is 94.4 Å². The summed E-state index contributed by atoms with van der Waals surface area (Å²) in [6.45, 7) is 6.81. The highest BCUT2D eigenvalue weighted by Gasteiger charge is 2.26. The van der Waals surface area contributed by atoms with Crippen molar-refractivity contribution in [2.24, 2.45) is 0 Å². The quantitative estimate of drug-likeness (QED) is 0.196. The number of hydrogen-bond donors (Lipinski definition) is 1. The summed E-state index contributed by atoms with van der Waals surface area (Å²) in [5, 5.41) is 11.1. The molecular weight excluding hydrogens is 564 g/mol. The first-order chi connectivity index (χ1) is 23.5. The van der Waals surface area contributed by atoms with Crippen molar-refractivity contribution in [3.05, 3.63) is 133 Å². The Kier molecular flexibility index (Phi) is 6.72. The molecule has 230 valence electrons. The van der Waals surface area contributed by atoms with E-state index in [4.69, 9.17) is 9.10 Å². The average Bonchev–Trinajstić information content (AvgIpc) is 3.71. The molecule has 5 heteroatoms. The molecule has 1 N–H and O–H groups in total. The molecular formula is C41H40N4O. The van der Waals surface area contributed by atoms with E-state index < -0.39 is 6.98 Å². The smallest absolute Gasteiger partial charge is 0.148 e. The lowest BCUT2D eigenvalue weighted by Gasteiger charge is -2.24. The molecule has 0 aliphatic carbocycles. The molecule has 46 heavy (non-hydrogen) atoms. The molecule has 0 atom stereocenters. The minimum absolute atomic E-state index is 0.159. The Morgan fingerprint density at radius 2 is 1.35 bits per heavy atom. The molecule has 0 saturated carbocycles.